The zero-order chi connectivity index (χ0) is 26.1. The van der Waals surface area contributed by atoms with Crippen LogP contribution in [0.15, 0.2) is 0 Å². The van der Waals surface area contributed by atoms with Gasteiger partial charge in [0.1, 0.15) is 24.0 Å². The van der Waals surface area contributed by atoms with Gasteiger partial charge in [-0.1, -0.05) is 69.6 Å². The van der Waals surface area contributed by atoms with Crippen molar-refractivity contribution in [1.29, 1.82) is 5.41 Å². The average molecular weight is 607 g/mol. The zero-order valence-corrected chi connectivity index (χ0v) is 22.6. The molecule has 0 saturated carbocycles. The lowest BCUT2D eigenvalue weighted by Crippen LogP contribution is -2.70. The summed E-state index contributed by atoms with van der Waals surface area (Å²) in [5.74, 6) is -4.10. The topological polar surface area (TPSA) is 133 Å². The fraction of sp³-hybridized carbons (Fsp3) is 0.778. The van der Waals surface area contributed by atoms with Gasteiger partial charge in [-0.05, 0) is 20.8 Å². The number of alkyl halides is 6. The van der Waals surface area contributed by atoms with Crippen molar-refractivity contribution in [2.75, 3.05) is 6.61 Å². The summed E-state index contributed by atoms with van der Waals surface area (Å²) in [6.45, 7) is 4.52. The highest BCUT2D eigenvalue weighted by Crippen LogP contribution is 2.37. The zero-order valence-electron chi connectivity index (χ0n) is 18.0. The quantitative estimate of drug-likeness (QED) is 0.204. The van der Waals surface area contributed by atoms with Crippen LogP contribution in [0.4, 0.5) is 0 Å². The van der Waals surface area contributed by atoms with E-state index in [1.807, 2.05) is 0 Å². The molecule has 0 spiro atoms. The number of hydrogen-bond donors (Lipinski definition) is 2. The summed E-state index contributed by atoms with van der Waals surface area (Å²) in [4.78, 5) is 36.3. The predicted molar refractivity (Wildman–Crippen MR) is 125 cm³/mol. The molecule has 34 heavy (non-hydrogen) atoms. The lowest BCUT2D eigenvalue weighted by molar-refractivity contribution is -0.363. The minimum Gasteiger partial charge on any atom is -0.457 e. The molecule has 5 atom stereocenters. The molecule has 2 heterocycles. The van der Waals surface area contributed by atoms with Crippen LogP contribution in [0.5, 0.6) is 0 Å². The highest BCUT2D eigenvalue weighted by Gasteiger charge is 2.56. The van der Waals surface area contributed by atoms with Gasteiger partial charge in [0.2, 0.25) is 12.2 Å². The third kappa shape index (κ3) is 8.38. The van der Waals surface area contributed by atoms with Crippen LogP contribution in [-0.2, 0) is 38.1 Å². The van der Waals surface area contributed by atoms with E-state index in [-0.39, 0.29) is 25.2 Å². The Bertz CT molecular complexity index is 815. The van der Waals surface area contributed by atoms with Crippen molar-refractivity contribution < 1.29 is 38.1 Å². The number of halogens is 6. The molecule has 0 radical (unpaired) electrons. The summed E-state index contributed by atoms with van der Waals surface area (Å²) in [7, 11) is 0. The fourth-order valence-electron chi connectivity index (χ4n) is 3.12. The second kappa shape index (κ2) is 11.4. The molecule has 0 aromatic heterocycles. The van der Waals surface area contributed by atoms with E-state index in [4.69, 9.17) is 98.7 Å². The number of fused-ring (bicyclic) bond motifs is 1. The van der Waals surface area contributed by atoms with Crippen LogP contribution in [0, 0.1) is 5.41 Å². The van der Waals surface area contributed by atoms with Gasteiger partial charge in [0.05, 0.1) is 13.0 Å². The molecule has 0 unspecified atom stereocenters. The molecule has 16 heteroatoms. The first kappa shape index (κ1) is 29.9. The summed E-state index contributed by atoms with van der Waals surface area (Å²) in [5.41, 5.74) is 0. The smallest absolute Gasteiger partial charge is 0.306 e. The van der Waals surface area contributed by atoms with Gasteiger partial charge >= 0.3 is 5.97 Å². The van der Waals surface area contributed by atoms with Crippen molar-refractivity contribution >= 4 is 93.2 Å². The van der Waals surface area contributed by atoms with Crippen molar-refractivity contribution in [3.05, 3.63) is 0 Å². The van der Waals surface area contributed by atoms with E-state index >= 15 is 0 Å². The van der Waals surface area contributed by atoms with E-state index in [9.17, 15) is 14.4 Å². The molecule has 194 valence electrons. The van der Waals surface area contributed by atoms with Gasteiger partial charge in [-0.2, -0.15) is 0 Å². The fourth-order valence-corrected chi connectivity index (χ4v) is 3.42. The van der Waals surface area contributed by atoms with Gasteiger partial charge in [0.15, 0.2) is 11.9 Å². The van der Waals surface area contributed by atoms with Crippen molar-refractivity contribution in [3.63, 3.8) is 0 Å². The third-order valence-corrected chi connectivity index (χ3v) is 5.69. The van der Waals surface area contributed by atoms with Crippen LogP contribution in [-0.4, -0.2) is 74.2 Å². The number of carbonyl (C=O) groups excluding carboxylic acids is 3. The molecule has 0 aromatic carbocycles. The highest BCUT2D eigenvalue weighted by atomic mass is 35.6. The molecule has 0 bridgehead atoms. The number of hydrogen-bond acceptors (Lipinski definition) is 9. The molecule has 2 fully saturated rings. The molecular formula is C18H22Cl6N2O8. The van der Waals surface area contributed by atoms with Gasteiger partial charge in [-0.15, -0.1) is 0 Å². The van der Waals surface area contributed by atoms with E-state index in [2.05, 4.69) is 5.32 Å². The van der Waals surface area contributed by atoms with Gasteiger partial charge in [-0.25, -0.2) is 0 Å². The van der Waals surface area contributed by atoms with E-state index in [1.54, 1.807) is 13.8 Å². The molecule has 10 nitrogen and oxygen atoms in total. The summed E-state index contributed by atoms with van der Waals surface area (Å²) in [5, 5.41) is 10.3. The Kier molecular flexibility index (Phi) is 10.0. The van der Waals surface area contributed by atoms with Gasteiger partial charge in [-0.3, -0.25) is 15.0 Å². The minimum absolute atomic E-state index is 0.0365. The van der Waals surface area contributed by atoms with Gasteiger partial charge in [0.25, 0.3) is 13.5 Å². The summed E-state index contributed by atoms with van der Waals surface area (Å²) < 4.78 is 23.5. The van der Waals surface area contributed by atoms with Crippen molar-refractivity contribution in [2.24, 2.45) is 0 Å². The number of amides is 1. The monoisotopic (exact) mass is 604 g/mol. The second-order valence-electron chi connectivity index (χ2n) is 7.93. The Morgan fingerprint density at radius 3 is 2.21 bits per heavy atom. The van der Waals surface area contributed by atoms with Crippen LogP contribution in [0.25, 0.3) is 0 Å². The Labute approximate surface area is 225 Å². The van der Waals surface area contributed by atoms with E-state index in [0.29, 0.717) is 0 Å². The normalized spacial score (nSPS) is 28.9. The Morgan fingerprint density at radius 2 is 1.68 bits per heavy atom. The maximum atomic E-state index is 12.5. The van der Waals surface area contributed by atoms with Crippen LogP contribution in [0.1, 0.15) is 33.6 Å². The standard InChI is InChI=1S/C18H22Cl6N2O8/c1-7(27)4-5-9(28)32-12-10(26-15(29)18(22,23)24)13(33-14(25)17(19,20)21)31-8-6-30-16(2,3)34-11(8)12/h8,10-13,25H,4-6H2,1-3H3,(H,26,29)/t8-,10-,11-,12-,13-/m1/s1. The Morgan fingerprint density at radius 1 is 1.06 bits per heavy atom. The molecule has 2 aliphatic rings. The summed E-state index contributed by atoms with van der Waals surface area (Å²) in [6.07, 6.45) is -5.06. The maximum Gasteiger partial charge on any atom is 0.306 e. The first-order chi connectivity index (χ1) is 15.4. The van der Waals surface area contributed by atoms with Crippen molar-refractivity contribution in [2.45, 2.75) is 77.6 Å². The average Bonchev–Trinajstić information content (AvgIpc) is 2.67. The molecule has 1 amide bonds. The second-order valence-corrected chi connectivity index (χ2v) is 12.5. The number of carbonyl (C=O) groups is 3. The van der Waals surface area contributed by atoms with E-state index in [1.165, 1.54) is 6.92 Å². The Balaban J connectivity index is 2.43. The third-order valence-electron chi connectivity index (χ3n) is 4.66. The number of rotatable bonds is 6. The highest BCUT2D eigenvalue weighted by molar-refractivity contribution is 6.76. The number of Topliss-reactive ketones (excluding diaryl/α,β-unsaturated/α-hetero) is 1. The Hall–Kier alpha value is -0.300. The first-order valence-electron chi connectivity index (χ1n) is 9.77. The number of nitrogens with one attached hydrogen (secondary N) is 2. The molecule has 0 aliphatic carbocycles. The van der Waals surface area contributed by atoms with Crippen LogP contribution in [0.3, 0.4) is 0 Å². The number of ketones is 1. The minimum atomic E-state index is -2.41. The van der Waals surface area contributed by atoms with Crippen molar-refractivity contribution in [1.82, 2.24) is 5.32 Å². The largest absolute Gasteiger partial charge is 0.457 e. The van der Waals surface area contributed by atoms with E-state index < -0.39 is 61.8 Å². The van der Waals surface area contributed by atoms with Crippen LogP contribution < -0.4 is 5.32 Å². The summed E-state index contributed by atoms with van der Waals surface area (Å²) in [6, 6.07) is -1.40. The molecule has 2 aliphatic heterocycles. The molecule has 2 rings (SSSR count). The van der Waals surface area contributed by atoms with Crippen molar-refractivity contribution in [3.8, 4) is 0 Å². The molecule has 2 saturated heterocycles. The molecule has 2 N–H and O–H groups in total. The lowest BCUT2D eigenvalue weighted by atomic mass is 9.94. The van der Waals surface area contributed by atoms with Crippen LogP contribution >= 0.6 is 69.6 Å². The van der Waals surface area contributed by atoms with Gasteiger partial charge < -0.3 is 33.8 Å². The number of ether oxygens (including phenoxy) is 5. The molecule has 0 aromatic rings. The van der Waals surface area contributed by atoms with E-state index in [0.717, 1.165) is 0 Å². The van der Waals surface area contributed by atoms with Gasteiger partial charge in [0, 0.05) is 6.42 Å². The van der Waals surface area contributed by atoms with Crippen LogP contribution in [0.2, 0.25) is 0 Å². The number of esters is 1. The molecular weight excluding hydrogens is 585 g/mol. The first-order valence-corrected chi connectivity index (χ1v) is 12.0. The predicted octanol–water partition coefficient (Wildman–Crippen LogP) is 3.36. The lowest BCUT2D eigenvalue weighted by Gasteiger charge is -2.50. The SMILES string of the molecule is CC(=O)CCC(=O)O[C@@H]1[C@@H](NC(=O)C(Cl)(Cl)Cl)[C@@H](OC(=N)C(Cl)(Cl)Cl)O[C@@H]2COC(C)(C)O[C@@H]12. The maximum absolute atomic E-state index is 12.5. The summed E-state index contributed by atoms with van der Waals surface area (Å²) >= 11 is 34.2.